The minimum absolute atomic E-state index is 0.336. The van der Waals surface area contributed by atoms with Crippen molar-refractivity contribution in [3.63, 3.8) is 0 Å². The molecule has 0 aliphatic rings. The number of hydrogen-bond donors (Lipinski definition) is 1. The van der Waals surface area contributed by atoms with E-state index in [4.69, 9.17) is 22.7 Å². The SMILES string of the molecule is Cc1cccnc1COc1ccccc1C(N)=S. The highest BCUT2D eigenvalue weighted by atomic mass is 32.1. The summed E-state index contributed by atoms with van der Waals surface area (Å²) in [5, 5.41) is 0. The van der Waals surface area contributed by atoms with Gasteiger partial charge in [-0.1, -0.05) is 30.4 Å². The number of aryl methyl sites for hydroxylation is 1. The Hall–Kier alpha value is -1.94. The fourth-order valence-corrected chi connectivity index (χ4v) is 1.78. The predicted molar refractivity (Wildman–Crippen MR) is 75.6 cm³/mol. The van der Waals surface area contributed by atoms with Crippen LogP contribution in [0.2, 0.25) is 0 Å². The van der Waals surface area contributed by atoms with Crippen molar-refractivity contribution in [3.8, 4) is 5.75 Å². The van der Waals surface area contributed by atoms with Crippen LogP contribution in [0.25, 0.3) is 0 Å². The zero-order valence-electron chi connectivity index (χ0n) is 10.1. The van der Waals surface area contributed by atoms with Crippen molar-refractivity contribution in [2.24, 2.45) is 5.73 Å². The number of ether oxygens (including phenoxy) is 1. The fourth-order valence-electron chi connectivity index (χ4n) is 1.61. The van der Waals surface area contributed by atoms with Crippen LogP contribution >= 0.6 is 12.2 Å². The summed E-state index contributed by atoms with van der Waals surface area (Å²) in [6, 6.07) is 11.4. The Bertz CT molecular complexity index is 569. The van der Waals surface area contributed by atoms with E-state index in [1.807, 2.05) is 43.3 Å². The number of para-hydroxylation sites is 1. The molecule has 0 fully saturated rings. The van der Waals surface area contributed by atoms with Gasteiger partial charge in [-0.15, -0.1) is 0 Å². The molecule has 3 nitrogen and oxygen atoms in total. The first-order valence-electron chi connectivity index (χ1n) is 5.60. The Morgan fingerprint density at radius 1 is 1.28 bits per heavy atom. The van der Waals surface area contributed by atoms with Crippen molar-refractivity contribution < 1.29 is 4.74 Å². The van der Waals surface area contributed by atoms with Crippen LogP contribution in [0, 0.1) is 6.92 Å². The molecule has 0 amide bonds. The zero-order chi connectivity index (χ0) is 13.0. The lowest BCUT2D eigenvalue weighted by molar-refractivity contribution is 0.300. The summed E-state index contributed by atoms with van der Waals surface area (Å²) in [5.74, 6) is 0.690. The topological polar surface area (TPSA) is 48.1 Å². The van der Waals surface area contributed by atoms with E-state index in [0.29, 0.717) is 17.3 Å². The van der Waals surface area contributed by atoms with Gasteiger partial charge in [0.05, 0.1) is 11.3 Å². The molecule has 0 saturated carbocycles. The van der Waals surface area contributed by atoms with Crippen LogP contribution in [0.15, 0.2) is 42.6 Å². The molecule has 0 radical (unpaired) electrons. The predicted octanol–water partition coefficient (Wildman–Crippen LogP) is 2.60. The average Bonchev–Trinajstić information content (AvgIpc) is 2.38. The maximum absolute atomic E-state index is 5.74. The van der Waals surface area contributed by atoms with E-state index >= 15 is 0 Å². The molecule has 92 valence electrons. The maximum atomic E-state index is 5.74. The molecule has 2 aromatic rings. The Labute approximate surface area is 112 Å². The van der Waals surface area contributed by atoms with E-state index in [9.17, 15) is 0 Å². The van der Waals surface area contributed by atoms with Crippen LogP contribution in [0.3, 0.4) is 0 Å². The van der Waals surface area contributed by atoms with Gasteiger partial charge in [-0.3, -0.25) is 4.98 Å². The number of hydrogen-bond acceptors (Lipinski definition) is 3. The van der Waals surface area contributed by atoms with Gasteiger partial charge in [0.25, 0.3) is 0 Å². The standard InChI is InChI=1S/C14H14N2OS/c1-10-5-4-8-16-12(10)9-17-13-7-3-2-6-11(13)14(15)18/h2-8H,9H2,1H3,(H2,15,18). The van der Waals surface area contributed by atoms with E-state index in [0.717, 1.165) is 16.8 Å². The van der Waals surface area contributed by atoms with E-state index in [1.54, 1.807) is 6.20 Å². The summed E-state index contributed by atoms with van der Waals surface area (Å²) in [5.41, 5.74) is 8.41. The molecule has 0 aliphatic carbocycles. The van der Waals surface area contributed by atoms with Crippen LogP contribution in [-0.4, -0.2) is 9.97 Å². The van der Waals surface area contributed by atoms with E-state index in [1.165, 1.54) is 0 Å². The van der Waals surface area contributed by atoms with Gasteiger partial charge in [-0.25, -0.2) is 0 Å². The third-order valence-electron chi connectivity index (χ3n) is 2.63. The summed E-state index contributed by atoms with van der Waals surface area (Å²) < 4.78 is 5.74. The summed E-state index contributed by atoms with van der Waals surface area (Å²) in [7, 11) is 0. The van der Waals surface area contributed by atoms with Gasteiger partial charge in [-0.05, 0) is 30.7 Å². The lowest BCUT2D eigenvalue weighted by atomic mass is 10.2. The second kappa shape index (κ2) is 5.60. The number of rotatable bonds is 4. The minimum Gasteiger partial charge on any atom is -0.487 e. The highest BCUT2D eigenvalue weighted by molar-refractivity contribution is 7.80. The molecule has 0 aliphatic heterocycles. The zero-order valence-corrected chi connectivity index (χ0v) is 10.9. The highest BCUT2D eigenvalue weighted by Gasteiger charge is 2.06. The summed E-state index contributed by atoms with van der Waals surface area (Å²) in [4.78, 5) is 4.62. The van der Waals surface area contributed by atoms with Gasteiger partial charge in [-0.2, -0.15) is 0 Å². The molecule has 4 heteroatoms. The van der Waals surface area contributed by atoms with E-state index < -0.39 is 0 Å². The van der Waals surface area contributed by atoms with Gasteiger partial charge in [0.15, 0.2) is 0 Å². The Kier molecular flexibility index (Phi) is 3.89. The molecular weight excluding hydrogens is 244 g/mol. The first-order chi connectivity index (χ1) is 8.68. The molecule has 0 saturated heterocycles. The molecule has 0 unspecified atom stereocenters. The second-order valence-electron chi connectivity index (χ2n) is 3.92. The second-order valence-corrected chi connectivity index (χ2v) is 4.36. The molecule has 0 spiro atoms. The van der Waals surface area contributed by atoms with Gasteiger partial charge >= 0.3 is 0 Å². The Balaban J connectivity index is 2.16. The maximum Gasteiger partial charge on any atom is 0.130 e. The normalized spacial score (nSPS) is 10.1. The third-order valence-corrected chi connectivity index (χ3v) is 2.85. The molecule has 2 N–H and O–H groups in total. The van der Waals surface area contributed by atoms with Crippen LogP contribution < -0.4 is 10.5 Å². The molecule has 1 aromatic heterocycles. The molecular formula is C14H14N2OS. The number of nitrogens with two attached hydrogens (primary N) is 1. The fraction of sp³-hybridized carbons (Fsp3) is 0.143. The quantitative estimate of drug-likeness (QED) is 0.856. The highest BCUT2D eigenvalue weighted by Crippen LogP contribution is 2.19. The lowest BCUT2D eigenvalue weighted by Crippen LogP contribution is -2.12. The van der Waals surface area contributed by atoms with Crippen molar-refractivity contribution in [3.05, 3.63) is 59.4 Å². The van der Waals surface area contributed by atoms with Crippen LogP contribution in [0.5, 0.6) is 5.75 Å². The Morgan fingerprint density at radius 2 is 2.06 bits per heavy atom. The minimum atomic E-state index is 0.336. The van der Waals surface area contributed by atoms with Gasteiger partial charge in [0, 0.05) is 6.20 Å². The summed E-state index contributed by atoms with van der Waals surface area (Å²) in [6.45, 7) is 2.41. The lowest BCUT2D eigenvalue weighted by Gasteiger charge is -2.11. The smallest absolute Gasteiger partial charge is 0.130 e. The molecule has 0 bridgehead atoms. The largest absolute Gasteiger partial charge is 0.487 e. The molecule has 18 heavy (non-hydrogen) atoms. The molecule has 1 heterocycles. The number of benzene rings is 1. The van der Waals surface area contributed by atoms with Gasteiger partial charge in [0.1, 0.15) is 17.3 Å². The average molecular weight is 258 g/mol. The summed E-state index contributed by atoms with van der Waals surface area (Å²) in [6.07, 6.45) is 1.76. The van der Waals surface area contributed by atoms with Crippen molar-refractivity contribution in [2.75, 3.05) is 0 Å². The number of nitrogens with zero attached hydrogens (tertiary/aromatic N) is 1. The summed E-state index contributed by atoms with van der Waals surface area (Å²) >= 11 is 4.99. The van der Waals surface area contributed by atoms with Crippen molar-refractivity contribution in [1.29, 1.82) is 0 Å². The third kappa shape index (κ3) is 2.84. The number of pyridine rings is 1. The van der Waals surface area contributed by atoms with E-state index in [2.05, 4.69) is 4.98 Å². The molecule has 1 aromatic carbocycles. The van der Waals surface area contributed by atoms with Gasteiger partial charge < -0.3 is 10.5 Å². The van der Waals surface area contributed by atoms with E-state index in [-0.39, 0.29) is 0 Å². The van der Waals surface area contributed by atoms with Crippen molar-refractivity contribution in [2.45, 2.75) is 13.5 Å². The van der Waals surface area contributed by atoms with Crippen LogP contribution in [0.1, 0.15) is 16.8 Å². The first-order valence-corrected chi connectivity index (χ1v) is 6.01. The molecule has 2 rings (SSSR count). The van der Waals surface area contributed by atoms with Crippen molar-refractivity contribution in [1.82, 2.24) is 4.98 Å². The number of aromatic nitrogens is 1. The monoisotopic (exact) mass is 258 g/mol. The molecule has 0 atom stereocenters. The number of thiocarbonyl (C=S) groups is 1. The Morgan fingerprint density at radius 3 is 2.78 bits per heavy atom. The van der Waals surface area contributed by atoms with Crippen LogP contribution in [0.4, 0.5) is 0 Å². The first kappa shape index (κ1) is 12.5. The van der Waals surface area contributed by atoms with Crippen LogP contribution in [-0.2, 0) is 6.61 Å². The van der Waals surface area contributed by atoms with Crippen molar-refractivity contribution >= 4 is 17.2 Å². The van der Waals surface area contributed by atoms with Gasteiger partial charge in [0.2, 0.25) is 0 Å².